The molecule has 0 saturated heterocycles. The Morgan fingerprint density at radius 2 is 1.91 bits per heavy atom. The average molecular weight is 432 g/mol. The molecule has 1 aromatic heterocycles. The Kier molecular flexibility index (Phi) is 5.63. The molecule has 0 spiro atoms. The topological polar surface area (TPSA) is 80.3 Å². The molecule has 1 aliphatic carbocycles. The summed E-state index contributed by atoms with van der Waals surface area (Å²) in [4.78, 5) is 31.3. The number of allylic oxidation sites excluding steroid dienone is 3. The van der Waals surface area contributed by atoms with E-state index in [4.69, 9.17) is 4.74 Å². The van der Waals surface area contributed by atoms with Crippen LogP contribution in [-0.4, -0.2) is 23.8 Å². The Hall–Kier alpha value is -3.41. The number of aryl methyl sites for hydroxylation is 1. The number of benzene rings is 1. The predicted molar refractivity (Wildman–Crippen MR) is 124 cm³/mol. The normalized spacial score (nSPS) is 19.9. The number of pyridine rings is 1. The fraction of sp³-hybridized carbons (Fsp3) is 0.346. The van der Waals surface area contributed by atoms with Gasteiger partial charge in [0.2, 0.25) is 0 Å². The number of ether oxygens (including phenoxy) is 1. The Labute approximate surface area is 188 Å². The maximum absolute atomic E-state index is 13.5. The summed E-state index contributed by atoms with van der Waals surface area (Å²) in [5, 5.41) is 6.31. The summed E-state index contributed by atoms with van der Waals surface area (Å²) in [6.45, 7) is 7.96. The van der Waals surface area contributed by atoms with E-state index >= 15 is 0 Å². The maximum atomic E-state index is 13.5. The molecule has 0 bridgehead atoms. The number of nitrogens with zero attached hydrogens (tertiary/aromatic N) is 1. The summed E-state index contributed by atoms with van der Waals surface area (Å²) in [7, 11) is 1.61. The lowest BCUT2D eigenvalue weighted by molar-refractivity contribution is -0.118. The molecule has 166 valence electrons. The molecule has 1 aromatic carbocycles. The molecule has 2 aliphatic rings. The summed E-state index contributed by atoms with van der Waals surface area (Å²) in [6, 6.07) is 13.1. The van der Waals surface area contributed by atoms with Crippen molar-refractivity contribution in [3.05, 3.63) is 76.3 Å². The Morgan fingerprint density at radius 1 is 1.16 bits per heavy atom. The van der Waals surface area contributed by atoms with Gasteiger partial charge in [0, 0.05) is 40.6 Å². The number of nitrogens with one attached hydrogen (secondary N) is 2. The van der Waals surface area contributed by atoms with Crippen molar-refractivity contribution in [2.24, 2.45) is 5.41 Å². The fourth-order valence-corrected chi connectivity index (χ4v) is 4.69. The van der Waals surface area contributed by atoms with Gasteiger partial charge in [-0.25, -0.2) is 4.98 Å². The van der Waals surface area contributed by atoms with Gasteiger partial charge in [-0.2, -0.15) is 0 Å². The second kappa shape index (κ2) is 8.26. The SMILES string of the molecule is COc1cccc(C2C(C(=O)Nc3cccc(C)n3)=C(C)NC3=C2C(=O)CC(C)(C)C3)c1. The molecule has 32 heavy (non-hydrogen) atoms. The monoisotopic (exact) mass is 431 g/mol. The van der Waals surface area contributed by atoms with Crippen molar-refractivity contribution in [3.63, 3.8) is 0 Å². The minimum Gasteiger partial charge on any atom is -0.497 e. The zero-order chi connectivity index (χ0) is 23.0. The van der Waals surface area contributed by atoms with Gasteiger partial charge in [0.15, 0.2) is 5.78 Å². The number of methoxy groups -OCH3 is 1. The summed E-state index contributed by atoms with van der Waals surface area (Å²) >= 11 is 0. The highest BCUT2D eigenvalue weighted by Gasteiger charge is 2.42. The number of amides is 1. The van der Waals surface area contributed by atoms with Crippen molar-refractivity contribution in [3.8, 4) is 5.75 Å². The highest BCUT2D eigenvalue weighted by Crippen LogP contribution is 2.47. The van der Waals surface area contributed by atoms with Gasteiger partial charge >= 0.3 is 0 Å². The number of hydrogen-bond acceptors (Lipinski definition) is 5. The Bertz CT molecular complexity index is 1160. The van der Waals surface area contributed by atoms with Gasteiger partial charge in [-0.05, 0) is 55.5 Å². The minimum absolute atomic E-state index is 0.0723. The third-order valence-electron chi connectivity index (χ3n) is 6.04. The molecule has 2 N–H and O–H groups in total. The van der Waals surface area contributed by atoms with E-state index in [1.54, 1.807) is 13.2 Å². The van der Waals surface area contributed by atoms with Gasteiger partial charge in [0.25, 0.3) is 5.91 Å². The molecule has 4 rings (SSSR count). The molecule has 6 nitrogen and oxygen atoms in total. The van der Waals surface area contributed by atoms with E-state index in [2.05, 4.69) is 29.5 Å². The van der Waals surface area contributed by atoms with Gasteiger partial charge in [-0.15, -0.1) is 0 Å². The molecule has 0 radical (unpaired) electrons. The van der Waals surface area contributed by atoms with E-state index in [-0.39, 0.29) is 17.1 Å². The number of Topliss-reactive ketones (excluding diaryl/α,β-unsaturated/α-hetero) is 1. The summed E-state index contributed by atoms with van der Waals surface area (Å²) in [5.74, 6) is 0.489. The van der Waals surface area contributed by atoms with Crippen LogP contribution in [0.2, 0.25) is 0 Å². The van der Waals surface area contributed by atoms with Crippen molar-refractivity contribution in [1.29, 1.82) is 0 Å². The van der Waals surface area contributed by atoms with E-state index in [1.807, 2.05) is 50.2 Å². The molecule has 1 aliphatic heterocycles. The smallest absolute Gasteiger partial charge is 0.255 e. The molecule has 0 fully saturated rings. The highest BCUT2D eigenvalue weighted by atomic mass is 16.5. The molecule has 1 unspecified atom stereocenters. The lowest BCUT2D eigenvalue weighted by atomic mass is 9.68. The second-order valence-electron chi connectivity index (χ2n) is 9.32. The number of aromatic nitrogens is 1. The first-order chi connectivity index (χ1) is 15.2. The Morgan fingerprint density at radius 3 is 2.62 bits per heavy atom. The van der Waals surface area contributed by atoms with E-state index in [9.17, 15) is 9.59 Å². The first kappa shape index (κ1) is 21.8. The van der Waals surface area contributed by atoms with Crippen molar-refractivity contribution >= 4 is 17.5 Å². The fourth-order valence-electron chi connectivity index (χ4n) is 4.69. The predicted octanol–water partition coefficient (Wildman–Crippen LogP) is 4.64. The first-order valence-electron chi connectivity index (χ1n) is 10.8. The minimum atomic E-state index is -0.477. The zero-order valence-corrected chi connectivity index (χ0v) is 19.2. The van der Waals surface area contributed by atoms with E-state index in [0.717, 1.165) is 29.1 Å². The number of anilines is 1. The molecule has 0 saturated carbocycles. The molecule has 1 amide bonds. The molecule has 6 heteroatoms. The van der Waals surface area contributed by atoms with Crippen LogP contribution >= 0.6 is 0 Å². The van der Waals surface area contributed by atoms with E-state index < -0.39 is 5.92 Å². The number of carbonyl (C=O) groups is 2. The van der Waals surface area contributed by atoms with Crippen LogP contribution < -0.4 is 15.4 Å². The summed E-state index contributed by atoms with van der Waals surface area (Å²) in [6.07, 6.45) is 1.20. The molecular formula is C26H29N3O3. The largest absolute Gasteiger partial charge is 0.497 e. The van der Waals surface area contributed by atoms with Crippen molar-refractivity contribution < 1.29 is 14.3 Å². The summed E-state index contributed by atoms with van der Waals surface area (Å²) in [5.41, 5.74) is 4.38. The Balaban J connectivity index is 1.82. The maximum Gasteiger partial charge on any atom is 0.255 e. The lowest BCUT2D eigenvalue weighted by Gasteiger charge is -2.39. The zero-order valence-electron chi connectivity index (χ0n) is 19.2. The van der Waals surface area contributed by atoms with Crippen LogP contribution in [0.15, 0.2) is 65.0 Å². The van der Waals surface area contributed by atoms with Gasteiger partial charge in [0.05, 0.1) is 7.11 Å². The molecular weight excluding hydrogens is 402 g/mol. The molecule has 2 aromatic rings. The quantitative estimate of drug-likeness (QED) is 0.737. The van der Waals surface area contributed by atoms with E-state index in [1.165, 1.54) is 0 Å². The lowest BCUT2D eigenvalue weighted by Crippen LogP contribution is -2.39. The van der Waals surface area contributed by atoms with Crippen LogP contribution in [0.25, 0.3) is 0 Å². The van der Waals surface area contributed by atoms with Crippen LogP contribution in [0, 0.1) is 12.3 Å². The number of hydrogen-bond donors (Lipinski definition) is 2. The number of ketones is 1. The second-order valence-corrected chi connectivity index (χ2v) is 9.32. The van der Waals surface area contributed by atoms with Gasteiger partial charge in [0.1, 0.15) is 11.6 Å². The number of carbonyl (C=O) groups excluding carboxylic acids is 2. The van der Waals surface area contributed by atoms with Crippen LogP contribution in [0.1, 0.15) is 50.8 Å². The van der Waals surface area contributed by atoms with Crippen molar-refractivity contribution in [2.45, 2.75) is 46.5 Å². The van der Waals surface area contributed by atoms with Crippen molar-refractivity contribution in [2.75, 3.05) is 12.4 Å². The van der Waals surface area contributed by atoms with E-state index in [0.29, 0.717) is 29.1 Å². The summed E-state index contributed by atoms with van der Waals surface area (Å²) < 4.78 is 5.43. The third kappa shape index (κ3) is 4.17. The van der Waals surface area contributed by atoms with Crippen LogP contribution in [0.3, 0.4) is 0 Å². The number of rotatable bonds is 4. The highest BCUT2D eigenvalue weighted by molar-refractivity contribution is 6.09. The van der Waals surface area contributed by atoms with Crippen LogP contribution in [0.5, 0.6) is 5.75 Å². The molecule has 2 heterocycles. The molecule has 1 atom stereocenters. The number of dihydropyridines is 1. The van der Waals surface area contributed by atoms with Gasteiger partial charge < -0.3 is 15.4 Å². The van der Waals surface area contributed by atoms with Crippen LogP contribution in [0.4, 0.5) is 5.82 Å². The van der Waals surface area contributed by atoms with Crippen molar-refractivity contribution in [1.82, 2.24) is 10.3 Å². The van der Waals surface area contributed by atoms with Crippen LogP contribution in [-0.2, 0) is 9.59 Å². The first-order valence-corrected chi connectivity index (χ1v) is 10.8. The third-order valence-corrected chi connectivity index (χ3v) is 6.04. The van der Waals surface area contributed by atoms with Gasteiger partial charge in [-0.3, -0.25) is 9.59 Å². The standard InChI is InChI=1S/C26H29N3O3/c1-15-8-6-11-21(27-15)29-25(31)22-16(2)28-19-13-26(3,4)14-20(30)24(19)23(22)17-9-7-10-18(12-17)32-5/h6-12,23,28H,13-14H2,1-5H3,(H,27,29,31). The van der Waals surface area contributed by atoms with Gasteiger partial charge in [-0.1, -0.05) is 32.0 Å². The average Bonchev–Trinajstić information content (AvgIpc) is 2.71.